The number of carbonyl (C=O) groups is 1. The third kappa shape index (κ3) is 1.46. The van der Waals surface area contributed by atoms with Crippen LogP contribution in [0.25, 0.3) is 0 Å². The highest BCUT2D eigenvalue weighted by atomic mass is 16.8. The van der Waals surface area contributed by atoms with Crippen LogP contribution in [0, 0.1) is 5.92 Å². The van der Waals surface area contributed by atoms with E-state index in [1.54, 1.807) is 0 Å². The van der Waals surface area contributed by atoms with Gasteiger partial charge in [-0.2, -0.15) is 0 Å². The minimum absolute atomic E-state index is 0.354. The van der Waals surface area contributed by atoms with Crippen LogP contribution < -0.4 is 0 Å². The van der Waals surface area contributed by atoms with Crippen molar-refractivity contribution in [3.63, 3.8) is 0 Å². The van der Waals surface area contributed by atoms with E-state index in [1.807, 2.05) is 13.8 Å². The highest BCUT2D eigenvalue weighted by molar-refractivity contribution is 5.73. The average Bonchev–Trinajstić information content (AvgIpc) is 2.67. The van der Waals surface area contributed by atoms with Crippen molar-refractivity contribution in [2.45, 2.75) is 56.6 Å². The molecule has 3 rings (SSSR count). The molecule has 2 heterocycles. The van der Waals surface area contributed by atoms with E-state index in [0.29, 0.717) is 12.8 Å². The van der Waals surface area contributed by atoms with Crippen molar-refractivity contribution >= 4 is 5.97 Å². The van der Waals surface area contributed by atoms with Crippen molar-refractivity contribution in [3.05, 3.63) is 0 Å². The van der Waals surface area contributed by atoms with Crippen LogP contribution in [0.4, 0.5) is 0 Å². The molecule has 1 saturated carbocycles. The maximum absolute atomic E-state index is 11.3. The van der Waals surface area contributed by atoms with Crippen LogP contribution >= 0.6 is 0 Å². The molecule has 18 heavy (non-hydrogen) atoms. The molecule has 1 spiro atoms. The largest absolute Gasteiger partial charge is 0.481 e. The second-order valence-corrected chi connectivity index (χ2v) is 5.63. The lowest BCUT2D eigenvalue weighted by atomic mass is 9.66. The molecule has 0 radical (unpaired) electrons. The van der Waals surface area contributed by atoms with Gasteiger partial charge in [0.2, 0.25) is 0 Å². The number of carboxylic acid groups (broad SMARTS) is 1. The quantitative estimate of drug-likeness (QED) is 0.787. The summed E-state index contributed by atoms with van der Waals surface area (Å²) in [5.41, 5.74) is -0.787. The van der Waals surface area contributed by atoms with Crippen molar-refractivity contribution in [2.24, 2.45) is 5.92 Å². The number of carboxylic acids is 1. The fourth-order valence-electron chi connectivity index (χ4n) is 3.29. The van der Waals surface area contributed by atoms with Crippen LogP contribution in [0.15, 0.2) is 0 Å². The number of fused-ring (bicyclic) bond motifs is 2. The van der Waals surface area contributed by atoms with Gasteiger partial charge in [0.05, 0.1) is 5.92 Å². The summed E-state index contributed by atoms with van der Waals surface area (Å²) in [6.45, 7) is 3.64. The molecule has 3 fully saturated rings. The molecule has 1 N–H and O–H groups in total. The highest BCUT2D eigenvalue weighted by Crippen LogP contribution is 2.55. The van der Waals surface area contributed by atoms with Gasteiger partial charge in [0.15, 0.2) is 12.1 Å². The van der Waals surface area contributed by atoms with E-state index >= 15 is 0 Å². The van der Waals surface area contributed by atoms with Crippen LogP contribution in [-0.2, 0) is 23.7 Å². The first-order chi connectivity index (χ1) is 8.39. The Balaban J connectivity index is 1.91. The fourth-order valence-corrected chi connectivity index (χ4v) is 3.29. The molecule has 102 valence electrons. The minimum atomic E-state index is -0.843. The van der Waals surface area contributed by atoms with E-state index in [1.165, 1.54) is 7.11 Å². The van der Waals surface area contributed by atoms with Crippen molar-refractivity contribution < 1.29 is 28.8 Å². The van der Waals surface area contributed by atoms with Gasteiger partial charge in [-0.3, -0.25) is 4.79 Å². The zero-order chi connectivity index (χ0) is 13.1. The van der Waals surface area contributed by atoms with E-state index in [0.717, 1.165) is 0 Å². The molecular formula is C12H18O6. The summed E-state index contributed by atoms with van der Waals surface area (Å²) in [6.07, 6.45) is 0.00168. The van der Waals surface area contributed by atoms with Gasteiger partial charge < -0.3 is 24.1 Å². The Kier molecular flexibility index (Phi) is 2.51. The SMILES string of the molecule is COC1O[C@@]2(CC[C@H]2C(=O)O)C2OC(C)(C)OC12. The number of methoxy groups -OCH3 is 1. The van der Waals surface area contributed by atoms with Crippen LogP contribution in [-0.4, -0.2) is 48.1 Å². The molecule has 0 aromatic carbocycles. The molecule has 1 aliphatic carbocycles. The lowest BCUT2D eigenvalue weighted by Gasteiger charge is -2.46. The summed E-state index contributed by atoms with van der Waals surface area (Å²) in [6, 6.07) is 0. The molecule has 2 aliphatic heterocycles. The van der Waals surface area contributed by atoms with Gasteiger partial charge in [0, 0.05) is 7.11 Å². The lowest BCUT2D eigenvalue weighted by molar-refractivity contribution is -0.278. The second-order valence-electron chi connectivity index (χ2n) is 5.63. The van der Waals surface area contributed by atoms with E-state index in [-0.39, 0.29) is 12.2 Å². The lowest BCUT2D eigenvalue weighted by Crippen LogP contribution is -2.58. The van der Waals surface area contributed by atoms with Crippen molar-refractivity contribution in [1.29, 1.82) is 0 Å². The number of hydrogen-bond acceptors (Lipinski definition) is 5. The van der Waals surface area contributed by atoms with Crippen molar-refractivity contribution in [1.82, 2.24) is 0 Å². The molecule has 0 bridgehead atoms. The standard InChI is InChI=1S/C12H18O6/c1-11(2)16-7-8(17-11)12(18-10(7)15-3)5-4-6(12)9(13)14/h6-8,10H,4-5H2,1-3H3,(H,13,14)/t6-,7?,8?,10?,12+/m0/s1. The Labute approximate surface area is 105 Å². The zero-order valence-corrected chi connectivity index (χ0v) is 10.7. The summed E-state index contributed by atoms with van der Waals surface area (Å²) in [4.78, 5) is 11.3. The first kappa shape index (κ1) is 12.3. The van der Waals surface area contributed by atoms with E-state index in [2.05, 4.69) is 0 Å². The van der Waals surface area contributed by atoms with Crippen LogP contribution in [0.1, 0.15) is 26.7 Å². The Hall–Kier alpha value is -0.690. The Morgan fingerprint density at radius 1 is 1.33 bits per heavy atom. The molecule has 0 aromatic heterocycles. The molecule has 0 amide bonds. The Bertz CT molecular complexity index is 381. The van der Waals surface area contributed by atoms with Gasteiger partial charge in [-0.1, -0.05) is 0 Å². The molecule has 3 unspecified atom stereocenters. The average molecular weight is 258 g/mol. The summed E-state index contributed by atoms with van der Waals surface area (Å²) < 4.78 is 22.7. The van der Waals surface area contributed by atoms with Gasteiger partial charge in [0.25, 0.3) is 0 Å². The normalized spacial score (nSPS) is 49.1. The van der Waals surface area contributed by atoms with Crippen LogP contribution in [0.3, 0.4) is 0 Å². The molecular weight excluding hydrogens is 240 g/mol. The van der Waals surface area contributed by atoms with E-state index < -0.39 is 29.6 Å². The molecule has 5 atom stereocenters. The topological polar surface area (TPSA) is 74.2 Å². The van der Waals surface area contributed by atoms with Crippen molar-refractivity contribution in [3.8, 4) is 0 Å². The molecule has 6 heteroatoms. The first-order valence-electron chi connectivity index (χ1n) is 6.19. The summed E-state index contributed by atoms with van der Waals surface area (Å²) in [5, 5.41) is 9.25. The van der Waals surface area contributed by atoms with Crippen LogP contribution in [0.2, 0.25) is 0 Å². The van der Waals surface area contributed by atoms with Gasteiger partial charge in [-0.15, -0.1) is 0 Å². The van der Waals surface area contributed by atoms with Gasteiger partial charge in [-0.05, 0) is 26.7 Å². The molecule has 6 nitrogen and oxygen atoms in total. The number of hydrogen-bond donors (Lipinski definition) is 1. The second kappa shape index (κ2) is 3.66. The van der Waals surface area contributed by atoms with Crippen LogP contribution in [0.5, 0.6) is 0 Å². The Morgan fingerprint density at radius 3 is 2.56 bits per heavy atom. The maximum Gasteiger partial charge on any atom is 0.309 e. The summed E-state index contributed by atoms with van der Waals surface area (Å²) in [7, 11) is 1.53. The maximum atomic E-state index is 11.3. The van der Waals surface area contributed by atoms with Gasteiger partial charge in [0.1, 0.15) is 17.8 Å². The molecule has 0 aromatic rings. The Morgan fingerprint density at radius 2 is 2.06 bits per heavy atom. The predicted molar refractivity (Wildman–Crippen MR) is 58.8 cm³/mol. The first-order valence-corrected chi connectivity index (χ1v) is 6.19. The molecule has 3 aliphatic rings. The highest BCUT2D eigenvalue weighted by Gasteiger charge is 2.70. The third-order valence-electron chi connectivity index (χ3n) is 4.16. The number of rotatable bonds is 2. The van der Waals surface area contributed by atoms with Crippen molar-refractivity contribution in [2.75, 3.05) is 7.11 Å². The summed E-state index contributed by atoms with van der Waals surface area (Å²) in [5.74, 6) is -2.10. The number of aliphatic carboxylic acids is 1. The predicted octanol–water partition coefficient (Wildman–Crippen LogP) is 0.743. The number of ether oxygens (including phenoxy) is 4. The van der Waals surface area contributed by atoms with Gasteiger partial charge in [-0.25, -0.2) is 0 Å². The van der Waals surface area contributed by atoms with E-state index in [9.17, 15) is 9.90 Å². The third-order valence-corrected chi connectivity index (χ3v) is 4.16. The monoisotopic (exact) mass is 258 g/mol. The fraction of sp³-hybridized carbons (Fsp3) is 0.917. The summed E-state index contributed by atoms with van der Waals surface area (Å²) >= 11 is 0. The smallest absolute Gasteiger partial charge is 0.309 e. The molecule has 2 saturated heterocycles. The van der Waals surface area contributed by atoms with E-state index in [4.69, 9.17) is 18.9 Å². The minimum Gasteiger partial charge on any atom is -0.481 e. The zero-order valence-electron chi connectivity index (χ0n) is 10.7. The van der Waals surface area contributed by atoms with Gasteiger partial charge >= 0.3 is 5.97 Å².